The molecule has 0 unspecified atom stereocenters. The number of aromatic nitrogens is 1. The number of benzene rings is 1. The Kier molecular flexibility index (Phi) is 4.85. The summed E-state index contributed by atoms with van der Waals surface area (Å²) in [6.45, 7) is 5.50. The van der Waals surface area contributed by atoms with Crippen molar-refractivity contribution >= 4 is 40.3 Å². The Balaban J connectivity index is 0.00000156. The van der Waals surface area contributed by atoms with E-state index in [2.05, 4.69) is 53.6 Å². The average Bonchev–Trinajstić information content (AvgIpc) is 3.09. The van der Waals surface area contributed by atoms with E-state index in [4.69, 9.17) is 9.72 Å². The Morgan fingerprint density at radius 2 is 1.96 bits per heavy atom. The van der Waals surface area contributed by atoms with Crippen LogP contribution >= 0.6 is 23.7 Å². The number of nitrogens with zero attached hydrogens (tertiary/aromatic N) is 2. The molecule has 23 heavy (non-hydrogen) atoms. The molecule has 0 saturated carbocycles. The average molecular weight is 347 g/mol. The van der Waals surface area contributed by atoms with Crippen LogP contribution in [0.2, 0.25) is 0 Å². The Morgan fingerprint density at radius 1 is 1.13 bits per heavy atom. The molecule has 0 bridgehead atoms. The summed E-state index contributed by atoms with van der Waals surface area (Å²) < 4.78 is 5.49. The SMILES string of the molecule is Cc1ccc2cc(-c3cccs3)nc(N3CCOCC3)c2c1.Cl. The Hall–Kier alpha value is -1.62. The van der Waals surface area contributed by atoms with Gasteiger partial charge in [0.2, 0.25) is 0 Å². The molecule has 0 spiro atoms. The van der Waals surface area contributed by atoms with E-state index in [1.165, 1.54) is 21.2 Å². The summed E-state index contributed by atoms with van der Waals surface area (Å²) in [5, 5.41) is 4.60. The second-order valence-corrected chi connectivity index (χ2v) is 6.58. The number of thiophene rings is 1. The Labute approximate surface area is 146 Å². The number of pyridine rings is 1. The lowest BCUT2D eigenvalue weighted by Crippen LogP contribution is -2.36. The van der Waals surface area contributed by atoms with Gasteiger partial charge in [-0.2, -0.15) is 0 Å². The van der Waals surface area contributed by atoms with Crippen molar-refractivity contribution in [2.75, 3.05) is 31.2 Å². The van der Waals surface area contributed by atoms with Crippen molar-refractivity contribution in [3.05, 3.63) is 47.3 Å². The number of hydrogen-bond acceptors (Lipinski definition) is 4. The van der Waals surface area contributed by atoms with E-state index in [1.807, 2.05) is 0 Å². The molecule has 3 nitrogen and oxygen atoms in total. The fourth-order valence-corrected chi connectivity index (χ4v) is 3.60. The lowest BCUT2D eigenvalue weighted by molar-refractivity contribution is 0.122. The normalized spacial score (nSPS) is 14.7. The van der Waals surface area contributed by atoms with E-state index in [0.29, 0.717) is 0 Å². The monoisotopic (exact) mass is 346 g/mol. The maximum absolute atomic E-state index is 5.49. The van der Waals surface area contributed by atoms with Gasteiger partial charge in [0, 0.05) is 18.5 Å². The zero-order valence-corrected chi connectivity index (χ0v) is 14.6. The largest absolute Gasteiger partial charge is 0.378 e. The molecule has 5 heteroatoms. The molecule has 1 aliphatic heterocycles. The van der Waals surface area contributed by atoms with Crippen molar-refractivity contribution in [1.82, 2.24) is 4.98 Å². The van der Waals surface area contributed by atoms with Gasteiger partial charge < -0.3 is 9.64 Å². The molecule has 3 heterocycles. The number of morpholine rings is 1. The molecule has 0 atom stereocenters. The molecule has 0 amide bonds. The van der Waals surface area contributed by atoms with Crippen LogP contribution in [-0.4, -0.2) is 31.3 Å². The van der Waals surface area contributed by atoms with Gasteiger partial charge in [0.05, 0.1) is 23.8 Å². The second-order valence-electron chi connectivity index (χ2n) is 5.63. The van der Waals surface area contributed by atoms with Gasteiger partial charge in [0.25, 0.3) is 0 Å². The maximum atomic E-state index is 5.49. The number of anilines is 1. The van der Waals surface area contributed by atoms with E-state index >= 15 is 0 Å². The first kappa shape index (κ1) is 16.2. The molecule has 1 aliphatic rings. The topological polar surface area (TPSA) is 25.4 Å². The van der Waals surface area contributed by atoms with E-state index < -0.39 is 0 Å². The highest BCUT2D eigenvalue weighted by Crippen LogP contribution is 2.32. The molecule has 0 N–H and O–H groups in total. The quantitative estimate of drug-likeness (QED) is 0.681. The third-order valence-corrected chi connectivity index (χ3v) is 4.94. The molecule has 1 saturated heterocycles. The van der Waals surface area contributed by atoms with Crippen LogP contribution in [0.3, 0.4) is 0 Å². The van der Waals surface area contributed by atoms with Crippen LogP contribution in [0.15, 0.2) is 41.8 Å². The lowest BCUT2D eigenvalue weighted by Gasteiger charge is -2.29. The number of fused-ring (bicyclic) bond motifs is 1. The van der Waals surface area contributed by atoms with Gasteiger partial charge >= 0.3 is 0 Å². The summed E-state index contributed by atoms with van der Waals surface area (Å²) in [4.78, 5) is 8.56. The summed E-state index contributed by atoms with van der Waals surface area (Å²) >= 11 is 1.74. The molecular weight excluding hydrogens is 328 g/mol. The molecule has 1 aromatic carbocycles. The third kappa shape index (κ3) is 3.20. The van der Waals surface area contributed by atoms with Crippen molar-refractivity contribution in [2.24, 2.45) is 0 Å². The van der Waals surface area contributed by atoms with Gasteiger partial charge in [-0.3, -0.25) is 0 Å². The summed E-state index contributed by atoms with van der Waals surface area (Å²) in [7, 11) is 0. The fraction of sp³-hybridized carbons (Fsp3) is 0.278. The minimum absolute atomic E-state index is 0. The fourth-order valence-electron chi connectivity index (χ4n) is 2.91. The Morgan fingerprint density at radius 3 is 2.70 bits per heavy atom. The van der Waals surface area contributed by atoms with Crippen molar-refractivity contribution in [1.29, 1.82) is 0 Å². The smallest absolute Gasteiger partial charge is 0.137 e. The number of ether oxygens (including phenoxy) is 1. The molecule has 1 fully saturated rings. The number of rotatable bonds is 2. The highest BCUT2D eigenvalue weighted by molar-refractivity contribution is 7.13. The first-order valence-electron chi connectivity index (χ1n) is 7.59. The maximum Gasteiger partial charge on any atom is 0.137 e. The number of hydrogen-bond donors (Lipinski definition) is 0. The van der Waals surface area contributed by atoms with Gasteiger partial charge in [0.1, 0.15) is 5.82 Å². The highest BCUT2D eigenvalue weighted by Gasteiger charge is 2.17. The molecular formula is C18H19ClN2OS. The van der Waals surface area contributed by atoms with Gasteiger partial charge in [-0.15, -0.1) is 23.7 Å². The van der Waals surface area contributed by atoms with Crippen LogP contribution in [0.25, 0.3) is 21.3 Å². The molecule has 0 aliphatic carbocycles. The van der Waals surface area contributed by atoms with E-state index in [1.54, 1.807) is 11.3 Å². The molecule has 0 radical (unpaired) electrons. The highest BCUT2D eigenvalue weighted by atomic mass is 35.5. The van der Waals surface area contributed by atoms with Crippen LogP contribution in [0.4, 0.5) is 5.82 Å². The standard InChI is InChI=1S/C18H18N2OS.ClH/c1-13-4-5-14-12-16(17-3-2-10-22-17)19-18(15(14)11-13)20-6-8-21-9-7-20;/h2-5,10-12H,6-9H2,1H3;1H. The molecule has 3 aromatic rings. The van der Waals surface area contributed by atoms with Crippen LogP contribution in [0.1, 0.15) is 5.56 Å². The predicted octanol–water partition coefficient (Wildman–Crippen LogP) is 4.53. The van der Waals surface area contributed by atoms with Crippen LogP contribution in [0, 0.1) is 6.92 Å². The summed E-state index contributed by atoms with van der Waals surface area (Å²) in [5.74, 6) is 1.09. The Bertz CT molecular complexity index is 798. The van der Waals surface area contributed by atoms with Crippen molar-refractivity contribution in [3.8, 4) is 10.6 Å². The first-order valence-corrected chi connectivity index (χ1v) is 8.47. The van der Waals surface area contributed by atoms with Crippen molar-refractivity contribution < 1.29 is 4.74 Å². The zero-order chi connectivity index (χ0) is 14.9. The van der Waals surface area contributed by atoms with E-state index in [-0.39, 0.29) is 12.4 Å². The molecule has 2 aromatic heterocycles. The zero-order valence-electron chi connectivity index (χ0n) is 13.0. The minimum Gasteiger partial charge on any atom is -0.378 e. The van der Waals surface area contributed by atoms with Crippen LogP contribution < -0.4 is 4.90 Å². The molecule has 4 rings (SSSR count). The van der Waals surface area contributed by atoms with Gasteiger partial charge in [-0.25, -0.2) is 4.98 Å². The van der Waals surface area contributed by atoms with Gasteiger partial charge in [0.15, 0.2) is 0 Å². The van der Waals surface area contributed by atoms with Crippen molar-refractivity contribution in [3.63, 3.8) is 0 Å². The van der Waals surface area contributed by atoms with E-state index in [0.717, 1.165) is 37.8 Å². The van der Waals surface area contributed by atoms with Crippen LogP contribution in [-0.2, 0) is 4.74 Å². The first-order chi connectivity index (χ1) is 10.8. The number of halogens is 1. The van der Waals surface area contributed by atoms with Crippen LogP contribution in [0.5, 0.6) is 0 Å². The molecule has 120 valence electrons. The third-order valence-electron chi connectivity index (χ3n) is 4.05. The number of aryl methyl sites for hydroxylation is 1. The van der Waals surface area contributed by atoms with E-state index in [9.17, 15) is 0 Å². The summed E-state index contributed by atoms with van der Waals surface area (Å²) in [5.41, 5.74) is 2.33. The summed E-state index contributed by atoms with van der Waals surface area (Å²) in [6, 6.07) is 13.0. The van der Waals surface area contributed by atoms with Gasteiger partial charge in [-0.05, 0) is 35.9 Å². The van der Waals surface area contributed by atoms with Crippen molar-refractivity contribution in [2.45, 2.75) is 6.92 Å². The predicted molar refractivity (Wildman–Crippen MR) is 100 cm³/mol. The van der Waals surface area contributed by atoms with Gasteiger partial charge in [-0.1, -0.05) is 23.8 Å². The second kappa shape index (κ2) is 6.87. The summed E-state index contributed by atoms with van der Waals surface area (Å²) in [6.07, 6.45) is 0. The lowest BCUT2D eigenvalue weighted by atomic mass is 10.1. The minimum atomic E-state index is 0.